The van der Waals surface area contributed by atoms with Crippen LogP contribution in [0.2, 0.25) is 0 Å². The van der Waals surface area contributed by atoms with Crippen LogP contribution in [-0.2, 0) is 25.7 Å². The average molecular weight is 574 g/mol. The summed E-state index contributed by atoms with van der Waals surface area (Å²) in [4.78, 5) is 40.1. The van der Waals surface area contributed by atoms with Gasteiger partial charge in [-0.3, -0.25) is 24.0 Å². The molecule has 41 heavy (non-hydrogen) atoms. The highest BCUT2D eigenvalue weighted by Gasteiger charge is 2.40. The summed E-state index contributed by atoms with van der Waals surface area (Å²) in [5, 5.41) is 15.4. The van der Waals surface area contributed by atoms with E-state index in [0.29, 0.717) is 51.1 Å². The predicted molar refractivity (Wildman–Crippen MR) is 152 cm³/mol. The minimum atomic E-state index is -0.834. The van der Waals surface area contributed by atoms with Crippen LogP contribution in [0, 0.1) is 29.6 Å². The van der Waals surface area contributed by atoms with Crippen LogP contribution in [0.25, 0.3) is 0 Å². The standard InChI is InChI=1S/C31H44FN3O6/c1-20(2)21(3)28-26(29(36)35-39)6-4-16-40-24-11-7-22(8-12-24)18-27(34-31(28)38)30(37)33-19-23-9-13-25(14-10-23)41-17-5-15-32/h7,9-14,20-22,26-28,39H,4-6,8,15-19H2,1-3H3,(H,33,37)(H,34,38)(H,35,36)/t21?,22-,26+,27+,28-/m1/s1. The fraction of sp³-hybridized carbons (Fsp3) is 0.581. The highest BCUT2D eigenvalue weighted by molar-refractivity contribution is 5.91. The van der Waals surface area contributed by atoms with E-state index in [1.165, 1.54) is 0 Å². The minimum Gasteiger partial charge on any atom is -0.494 e. The Bertz CT molecular complexity index is 1070. The van der Waals surface area contributed by atoms with E-state index in [-0.39, 0.29) is 36.1 Å². The summed E-state index contributed by atoms with van der Waals surface area (Å²) in [6.45, 7) is 6.38. The molecule has 9 nitrogen and oxygen atoms in total. The molecular formula is C31H44FN3O6. The maximum atomic E-state index is 13.8. The number of carbonyl (C=O) groups is 3. The zero-order valence-corrected chi connectivity index (χ0v) is 24.2. The topological polar surface area (TPSA) is 126 Å². The molecule has 2 heterocycles. The van der Waals surface area contributed by atoms with Crippen LogP contribution in [0.3, 0.4) is 0 Å². The molecule has 3 aliphatic rings. The molecule has 1 aromatic rings. The molecule has 0 saturated carbocycles. The molecule has 0 radical (unpaired) electrons. The highest BCUT2D eigenvalue weighted by atomic mass is 19.1. The maximum absolute atomic E-state index is 13.8. The number of amides is 3. The largest absolute Gasteiger partial charge is 0.494 e. The van der Waals surface area contributed by atoms with Crippen LogP contribution < -0.4 is 20.9 Å². The SMILES string of the molecule is CC(C)C(C)[C@H]1C(=O)N[C@H](C(=O)NCc2ccc(OCCCF)cc2)C[C@@H]2C=CC(=CC2)OCCC[C@@H]1C(=O)NO. The smallest absolute Gasteiger partial charge is 0.247 e. The Balaban J connectivity index is 1.80. The molecule has 10 heteroatoms. The molecule has 2 bridgehead atoms. The van der Waals surface area contributed by atoms with E-state index in [0.717, 1.165) is 11.3 Å². The second-order valence-electron chi connectivity index (χ2n) is 11.2. The fourth-order valence-electron chi connectivity index (χ4n) is 5.24. The van der Waals surface area contributed by atoms with Crippen molar-refractivity contribution in [3.63, 3.8) is 0 Å². The van der Waals surface area contributed by atoms with Gasteiger partial charge in [0.2, 0.25) is 17.7 Å². The van der Waals surface area contributed by atoms with Crippen molar-refractivity contribution >= 4 is 17.7 Å². The van der Waals surface area contributed by atoms with E-state index in [1.807, 2.05) is 51.1 Å². The number of allylic oxidation sites excluding steroid dienone is 3. The van der Waals surface area contributed by atoms with E-state index < -0.39 is 30.5 Å². The first-order valence-electron chi connectivity index (χ1n) is 14.5. The number of ether oxygens (including phenoxy) is 2. The third-order valence-electron chi connectivity index (χ3n) is 7.99. The van der Waals surface area contributed by atoms with Crippen LogP contribution in [0.4, 0.5) is 4.39 Å². The fourth-order valence-corrected chi connectivity index (χ4v) is 5.24. The van der Waals surface area contributed by atoms with Gasteiger partial charge in [0.05, 0.1) is 31.7 Å². The van der Waals surface area contributed by atoms with Gasteiger partial charge in [-0.2, -0.15) is 0 Å². The molecule has 0 saturated heterocycles. The molecule has 0 aromatic heterocycles. The average Bonchev–Trinajstić information content (AvgIpc) is 2.97. The molecule has 4 rings (SSSR count). The number of alkyl halides is 1. The summed E-state index contributed by atoms with van der Waals surface area (Å²) in [6, 6.07) is 6.36. The van der Waals surface area contributed by atoms with E-state index >= 15 is 0 Å². The van der Waals surface area contributed by atoms with Gasteiger partial charge in [-0.25, -0.2) is 5.48 Å². The number of halogens is 1. The second kappa shape index (κ2) is 16.1. The Morgan fingerprint density at radius 1 is 1.20 bits per heavy atom. The number of hydrogen-bond acceptors (Lipinski definition) is 6. The van der Waals surface area contributed by atoms with Crippen molar-refractivity contribution in [1.29, 1.82) is 0 Å². The lowest BCUT2D eigenvalue weighted by Crippen LogP contribution is -2.53. The number of nitrogens with one attached hydrogen (secondary N) is 3. The molecular weight excluding hydrogens is 529 g/mol. The van der Waals surface area contributed by atoms with Gasteiger partial charge in [-0.1, -0.05) is 39.0 Å². The Kier molecular flexibility index (Phi) is 12.6. The van der Waals surface area contributed by atoms with Crippen molar-refractivity contribution in [2.24, 2.45) is 29.6 Å². The summed E-state index contributed by atoms with van der Waals surface area (Å²) < 4.78 is 23.7. The monoisotopic (exact) mass is 573 g/mol. The Hall–Kier alpha value is -3.40. The highest BCUT2D eigenvalue weighted by Crippen LogP contribution is 2.32. The predicted octanol–water partition coefficient (Wildman–Crippen LogP) is 4.22. The molecule has 0 fully saturated rings. The van der Waals surface area contributed by atoms with Gasteiger partial charge < -0.3 is 20.1 Å². The van der Waals surface area contributed by atoms with Crippen molar-refractivity contribution in [2.45, 2.75) is 65.5 Å². The van der Waals surface area contributed by atoms with Gasteiger partial charge in [-0.05, 0) is 73.3 Å². The van der Waals surface area contributed by atoms with Crippen LogP contribution >= 0.6 is 0 Å². The van der Waals surface area contributed by atoms with Gasteiger partial charge in [0.1, 0.15) is 17.6 Å². The van der Waals surface area contributed by atoms with Crippen molar-refractivity contribution in [1.82, 2.24) is 16.1 Å². The second-order valence-corrected chi connectivity index (χ2v) is 11.2. The molecule has 4 N–H and O–H groups in total. The third kappa shape index (κ3) is 9.59. The molecule has 1 unspecified atom stereocenters. The van der Waals surface area contributed by atoms with Crippen LogP contribution in [0.15, 0.2) is 48.3 Å². The van der Waals surface area contributed by atoms with Crippen LogP contribution in [-0.4, -0.2) is 48.9 Å². The first kappa shape index (κ1) is 32.1. The lowest BCUT2D eigenvalue weighted by Gasteiger charge is -2.34. The molecule has 226 valence electrons. The quantitative estimate of drug-likeness (QED) is 0.189. The van der Waals surface area contributed by atoms with E-state index in [1.54, 1.807) is 17.6 Å². The molecule has 5 atom stereocenters. The Morgan fingerprint density at radius 2 is 1.95 bits per heavy atom. The zero-order chi connectivity index (χ0) is 29.8. The number of hydrogen-bond donors (Lipinski definition) is 4. The number of fused-ring (bicyclic) bond motifs is 10. The van der Waals surface area contributed by atoms with Crippen molar-refractivity contribution in [3.8, 4) is 5.75 Å². The van der Waals surface area contributed by atoms with Crippen molar-refractivity contribution in [3.05, 3.63) is 53.8 Å². The molecule has 3 amide bonds. The third-order valence-corrected chi connectivity index (χ3v) is 7.99. The van der Waals surface area contributed by atoms with Gasteiger partial charge in [0.25, 0.3) is 0 Å². The maximum Gasteiger partial charge on any atom is 0.247 e. The van der Waals surface area contributed by atoms with E-state index in [2.05, 4.69) is 10.6 Å². The normalized spacial score (nSPS) is 24.0. The van der Waals surface area contributed by atoms with Gasteiger partial charge in [-0.15, -0.1) is 0 Å². The lowest BCUT2D eigenvalue weighted by molar-refractivity contribution is -0.144. The molecule has 1 aromatic carbocycles. The summed E-state index contributed by atoms with van der Waals surface area (Å²) in [5.74, 6) is -1.61. The first-order valence-corrected chi connectivity index (χ1v) is 14.5. The van der Waals surface area contributed by atoms with Crippen LogP contribution in [0.1, 0.15) is 58.4 Å². The van der Waals surface area contributed by atoms with Crippen molar-refractivity contribution < 1.29 is 33.5 Å². The Labute approximate surface area is 241 Å². The summed E-state index contributed by atoms with van der Waals surface area (Å²) >= 11 is 0. The summed E-state index contributed by atoms with van der Waals surface area (Å²) in [5.41, 5.74) is 2.59. The zero-order valence-electron chi connectivity index (χ0n) is 24.2. The van der Waals surface area contributed by atoms with Gasteiger partial charge in [0, 0.05) is 13.0 Å². The van der Waals surface area contributed by atoms with Crippen LogP contribution in [0.5, 0.6) is 5.75 Å². The van der Waals surface area contributed by atoms with Gasteiger partial charge in [0.15, 0.2) is 0 Å². The molecule has 0 spiro atoms. The lowest BCUT2D eigenvalue weighted by atomic mass is 9.74. The summed E-state index contributed by atoms with van der Waals surface area (Å²) in [7, 11) is 0. The van der Waals surface area contributed by atoms with Crippen molar-refractivity contribution in [2.75, 3.05) is 19.9 Å². The number of hydroxylamine groups is 1. The molecule has 1 aliphatic carbocycles. The number of carbonyl (C=O) groups excluding carboxylic acids is 3. The van der Waals surface area contributed by atoms with E-state index in [4.69, 9.17) is 9.47 Å². The number of rotatable bonds is 10. The Morgan fingerprint density at radius 3 is 2.59 bits per heavy atom. The minimum absolute atomic E-state index is 0.0135. The molecule has 2 aliphatic heterocycles. The van der Waals surface area contributed by atoms with Gasteiger partial charge >= 0.3 is 0 Å². The number of benzene rings is 1. The van der Waals surface area contributed by atoms with E-state index in [9.17, 15) is 24.0 Å². The first-order chi connectivity index (χ1) is 19.7. The summed E-state index contributed by atoms with van der Waals surface area (Å²) in [6.07, 6.45) is 8.10.